The van der Waals surface area contributed by atoms with E-state index in [0.29, 0.717) is 24.7 Å². The molecule has 1 aromatic heterocycles. The Hall–Kier alpha value is -1.79. The molecule has 0 aliphatic carbocycles. The molecular weight excluding hydrogens is 344 g/mol. The van der Waals surface area contributed by atoms with Gasteiger partial charge in [-0.2, -0.15) is 0 Å². The molecule has 5 nitrogen and oxygen atoms in total. The van der Waals surface area contributed by atoms with E-state index in [1.807, 2.05) is 32.0 Å². The van der Waals surface area contributed by atoms with E-state index in [4.69, 9.17) is 16.3 Å². The Morgan fingerprint density at radius 1 is 1.38 bits per heavy atom. The maximum absolute atomic E-state index is 5.93. The molecule has 1 aromatic carbocycles. The van der Waals surface area contributed by atoms with E-state index in [-0.39, 0.29) is 0 Å². The van der Waals surface area contributed by atoms with E-state index < -0.39 is 0 Å². The second-order valence-corrected chi connectivity index (χ2v) is 6.60. The number of aliphatic imine (C=N–C) groups is 1. The third-order valence-corrected chi connectivity index (χ3v) is 4.17. The average molecular weight is 367 g/mol. The summed E-state index contributed by atoms with van der Waals surface area (Å²) in [6.45, 7) is 6.78. The van der Waals surface area contributed by atoms with Crippen LogP contribution in [0, 0.1) is 6.92 Å². The highest BCUT2D eigenvalue weighted by Crippen LogP contribution is 2.16. The number of nitrogens with one attached hydrogen (secondary N) is 2. The molecule has 0 fully saturated rings. The molecule has 0 spiro atoms. The average Bonchev–Trinajstić information content (AvgIpc) is 2.97. The highest BCUT2D eigenvalue weighted by Gasteiger charge is 2.00. The lowest BCUT2D eigenvalue weighted by atomic mass is 10.3. The molecule has 0 atom stereocenters. The summed E-state index contributed by atoms with van der Waals surface area (Å²) in [7, 11) is 0. The fourth-order valence-corrected chi connectivity index (χ4v) is 2.87. The molecule has 2 aromatic rings. The number of benzene rings is 1. The fourth-order valence-electron chi connectivity index (χ4n) is 2.04. The monoisotopic (exact) mass is 366 g/mol. The molecule has 0 bridgehead atoms. The Labute approximate surface area is 152 Å². The van der Waals surface area contributed by atoms with Crippen LogP contribution in [0.25, 0.3) is 0 Å². The van der Waals surface area contributed by atoms with Crippen LogP contribution in [-0.4, -0.2) is 37.2 Å². The molecule has 0 unspecified atom stereocenters. The lowest BCUT2D eigenvalue weighted by Crippen LogP contribution is -2.39. The van der Waals surface area contributed by atoms with Gasteiger partial charge in [-0.25, -0.2) is 4.98 Å². The predicted molar refractivity (Wildman–Crippen MR) is 101 cm³/mol. The predicted octanol–water partition coefficient (Wildman–Crippen LogP) is 3.28. The van der Waals surface area contributed by atoms with Crippen molar-refractivity contribution in [1.29, 1.82) is 0 Å². The van der Waals surface area contributed by atoms with Gasteiger partial charge in [-0.1, -0.05) is 17.7 Å². The summed E-state index contributed by atoms with van der Waals surface area (Å²) in [4.78, 5) is 9.01. The lowest BCUT2D eigenvalue weighted by Gasteiger charge is -2.12. The van der Waals surface area contributed by atoms with Gasteiger partial charge in [0.25, 0.3) is 0 Å². The van der Waals surface area contributed by atoms with Crippen molar-refractivity contribution >= 4 is 28.9 Å². The molecule has 0 aliphatic heterocycles. The first-order valence-electron chi connectivity index (χ1n) is 7.99. The van der Waals surface area contributed by atoms with Crippen molar-refractivity contribution in [3.8, 4) is 5.75 Å². The zero-order valence-corrected chi connectivity index (χ0v) is 15.6. The van der Waals surface area contributed by atoms with Crippen LogP contribution in [0.15, 0.2) is 34.6 Å². The molecule has 0 amide bonds. The third kappa shape index (κ3) is 6.76. The topological polar surface area (TPSA) is 58.5 Å². The number of rotatable bonds is 8. The summed E-state index contributed by atoms with van der Waals surface area (Å²) in [5.41, 5.74) is 1.10. The highest BCUT2D eigenvalue weighted by molar-refractivity contribution is 7.09. The molecule has 2 N–H and O–H groups in total. The number of thiazole rings is 1. The van der Waals surface area contributed by atoms with Crippen molar-refractivity contribution < 1.29 is 4.74 Å². The van der Waals surface area contributed by atoms with E-state index in [1.165, 1.54) is 0 Å². The van der Waals surface area contributed by atoms with Gasteiger partial charge in [0, 0.05) is 29.9 Å². The molecule has 2 rings (SSSR count). The van der Waals surface area contributed by atoms with Gasteiger partial charge in [-0.05, 0) is 32.0 Å². The van der Waals surface area contributed by atoms with Crippen molar-refractivity contribution in [2.24, 2.45) is 4.99 Å². The van der Waals surface area contributed by atoms with Crippen LogP contribution in [-0.2, 0) is 6.42 Å². The zero-order chi connectivity index (χ0) is 17.2. The van der Waals surface area contributed by atoms with Crippen molar-refractivity contribution in [1.82, 2.24) is 15.6 Å². The largest absolute Gasteiger partial charge is 0.492 e. The minimum absolute atomic E-state index is 0.538. The number of halogens is 1. The van der Waals surface area contributed by atoms with Crippen molar-refractivity contribution in [2.45, 2.75) is 20.3 Å². The minimum atomic E-state index is 0.538. The summed E-state index contributed by atoms with van der Waals surface area (Å²) < 4.78 is 5.65. The summed E-state index contributed by atoms with van der Waals surface area (Å²) in [5.74, 6) is 1.56. The van der Waals surface area contributed by atoms with Crippen LogP contribution in [0.4, 0.5) is 0 Å². The smallest absolute Gasteiger partial charge is 0.191 e. The number of nitrogens with zero attached hydrogens (tertiary/aromatic N) is 2. The summed E-state index contributed by atoms with van der Waals surface area (Å²) in [6, 6.07) is 7.39. The molecule has 0 saturated carbocycles. The Balaban J connectivity index is 1.72. The van der Waals surface area contributed by atoms with Gasteiger partial charge in [0.2, 0.25) is 0 Å². The number of ether oxygens (including phenoxy) is 1. The summed E-state index contributed by atoms with van der Waals surface area (Å²) in [6.07, 6.45) is 0.847. The number of guanidine groups is 1. The van der Waals surface area contributed by atoms with E-state index in [2.05, 4.69) is 26.0 Å². The van der Waals surface area contributed by atoms with E-state index in [9.17, 15) is 0 Å². The number of hydrogen-bond acceptors (Lipinski definition) is 4. The van der Waals surface area contributed by atoms with Gasteiger partial charge in [0.1, 0.15) is 12.4 Å². The first-order valence-corrected chi connectivity index (χ1v) is 9.24. The zero-order valence-electron chi connectivity index (χ0n) is 14.0. The SMILES string of the molecule is CCNC(=NCCc1csc(C)n1)NCCOc1cccc(Cl)c1. The van der Waals surface area contributed by atoms with Crippen LogP contribution >= 0.6 is 22.9 Å². The van der Waals surface area contributed by atoms with Gasteiger partial charge in [-0.15, -0.1) is 11.3 Å². The van der Waals surface area contributed by atoms with Crippen LogP contribution in [0.5, 0.6) is 5.75 Å². The molecule has 24 heavy (non-hydrogen) atoms. The second kappa shape index (κ2) is 10.2. The quantitative estimate of drug-likeness (QED) is 0.427. The first-order chi connectivity index (χ1) is 11.7. The summed E-state index contributed by atoms with van der Waals surface area (Å²) >= 11 is 7.60. The number of aromatic nitrogens is 1. The number of aryl methyl sites for hydroxylation is 1. The van der Waals surface area contributed by atoms with E-state index >= 15 is 0 Å². The van der Waals surface area contributed by atoms with Gasteiger partial charge in [0.15, 0.2) is 5.96 Å². The Bertz CT molecular complexity index is 660. The van der Waals surface area contributed by atoms with Gasteiger partial charge in [-0.3, -0.25) is 4.99 Å². The Kier molecular flexibility index (Phi) is 7.85. The van der Waals surface area contributed by atoms with E-state index in [0.717, 1.165) is 35.4 Å². The molecule has 0 aliphatic rings. The molecular formula is C17H23ClN4OS. The van der Waals surface area contributed by atoms with Crippen LogP contribution in [0.2, 0.25) is 5.02 Å². The van der Waals surface area contributed by atoms with Crippen molar-refractivity contribution in [2.75, 3.05) is 26.2 Å². The first kappa shape index (κ1) is 18.5. The molecule has 0 radical (unpaired) electrons. The molecule has 7 heteroatoms. The van der Waals surface area contributed by atoms with Gasteiger partial charge in [0.05, 0.1) is 17.2 Å². The Morgan fingerprint density at radius 2 is 2.25 bits per heavy atom. The fraction of sp³-hybridized carbons (Fsp3) is 0.412. The van der Waals surface area contributed by atoms with Gasteiger partial charge >= 0.3 is 0 Å². The van der Waals surface area contributed by atoms with E-state index in [1.54, 1.807) is 17.4 Å². The molecule has 1 heterocycles. The van der Waals surface area contributed by atoms with Crippen LogP contribution < -0.4 is 15.4 Å². The van der Waals surface area contributed by atoms with Crippen molar-refractivity contribution in [3.05, 3.63) is 45.4 Å². The minimum Gasteiger partial charge on any atom is -0.492 e. The van der Waals surface area contributed by atoms with Crippen molar-refractivity contribution in [3.63, 3.8) is 0 Å². The van der Waals surface area contributed by atoms with Crippen LogP contribution in [0.3, 0.4) is 0 Å². The maximum atomic E-state index is 5.93. The normalized spacial score (nSPS) is 11.4. The number of hydrogen-bond donors (Lipinski definition) is 2. The standard InChI is InChI=1S/C17H23ClN4OS/c1-3-19-17(20-8-7-15-12-24-13(2)22-15)21-9-10-23-16-6-4-5-14(18)11-16/h4-6,11-12H,3,7-10H2,1-2H3,(H2,19,20,21). The maximum Gasteiger partial charge on any atom is 0.191 e. The van der Waals surface area contributed by atoms with Gasteiger partial charge < -0.3 is 15.4 Å². The Morgan fingerprint density at radius 3 is 2.96 bits per heavy atom. The van der Waals surface area contributed by atoms with Crippen LogP contribution in [0.1, 0.15) is 17.6 Å². The highest BCUT2D eigenvalue weighted by atomic mass is 35.5. The molecule has 130 valence electrons. The summed E-state index contributed by atoms with van der Waals surface area (Å²) in [5, 5.41) is 10.3. The second-order valence-electron chi connectivity index (χ2n) is 5.10. The molecule has 0 saturated heterocycles. The third-order valence-electron chi connectivity index (χ3n) is 3.11. The lowest BCUT2D eigenvalue weighted by molar-refractivity contribution is 0.322.